The predicted octanol–water partition coefficient (Wildman–Crippen LogP) is 2.54. The van der Waals surface area contributed by atoms with Crippen molar-refractivity contribution in [3.05, 3.63) is 47.3 Å². The van der Waals surface area contributed by atoms with Gasteiger partial charge in [-0.3, -0.25) is 9.59 Å². The van der Waals surface area contributed by atoms with E-state index in [1.54, 1.807) is 0 Å². The number of amides is 2. The van der Waals surface area contributed by atoms with E-state index in [1.807, 2.05) is 51.1 Å². The fourth-order valence-corrected chi connectivity index (χ4v) is 4.25. The summed E-state index contributed by atoms with van der Waals surface area (Å²) in [6.45, 7) is 8.53. The van der Waals surface area contributed by atoms with Gasteiger partial charge in [-0.2, -0.15) is 0 Å². The largest absolute Gasteiger partial charge is 0.341 e. The molecule has 1 atom stereocenters. The van der Waals surface area contributed by atoms with E-state index >= 15 is 0 Å². The number of hydrogen-bond donors (Lipinski definition) is 1. The Hall–Kier alpha value is -2.80. The summed E-state index contributed by atoms with van der Waals surface area (Å²) in [4.78, 5) is 37.9. The van der Waals surface area contributed by atoms with Crippen LogP contribution in [0.25, 0.3) is 0 Å². The number of rotatable bonds is 5. The minimum Gasteiger partial charge on any atom is -0.341 e. The first-order valence-corrected chi connectivity index (χ1v) is 10.6. The standard InChI is InChI=1S/C23H29N5O2/c1-15-4-6-19(7-5-15)28-21(29)13-20(22(28)30)24-14-18-8-10-27(11-9-18)23-25-16(2)12-17(3)26-23/h4-7,12,18,20,24H,8-11,13-14H2,1-3H3. The molecule has 1 unspecified atom stereocenters. The second-order valence-corrected chi connectivity index (χ2v) is 8.45. The van der Waals surface area contributed by atoms with E-state index in [0.29, 0.717) is 11.6 Å². The van der Waals surface area contributed by atoms with Crippen molar-refractivity contribution in [3.8, 4) is 0 Å². The molecule has 0 aliphatic carbocycles. The first kappa shape index (κ1) is 20.5. The average Bonchev–Trinajstić information content (AvgIpc) is 3.00. The number of anilines is 2. The van der Waals surface area contributed by atoms with Gasteiger partial charge in [-0.15, -0.1) is 0 Å². The van der Waals surface area contributed by atoms with Gasteiger partial charge in [0.2, 0.25) is 11.9 Å². The normalized spacial score (nSPS) is 20.3. The molecule has 30 heavy (non-hydrogen) atoms. The number of carbonyl (C=O) groups is 2. The number of imide groups is 1. The molecule has 2 aliphatic rings. The van der Waals surface area contributed by atoms with Gasteiger partial charge in [0.1, 0.15) is 0 Å². The number of aryl methyl sites for hydroxylation is 3. The molecular weight excluding hydrogens is 378 g/mol. The van der Waals surface area contributed by atoms with Crippen molar-refractivity contribution in [2.75, 3.05) is 29.4 Å². The third-order valence-corrected chi connectivity index (χ3v) is 5.96. The summed E-state index contributed by atoms with van der Waals surface area (Å²) in [6, 6.07) is 9.06. The lowest BCUT2D eigenvalue weighted by atomic mass is 9.96. The maximum Gasteiger partial charge on any atom is 0.251 e. The third kappa shape index (κ3) is 4.36. The minimum atomic E-state index is -0.431. The number of nitrogens with one attached hydrogen (secondary N) is 1. The summed E-state index contributed by atoms with van der Waals surface area (Å²) in [7, 11) is 0. The fourth-order valence-electron chi connectivity index (χ4n) is 4.25. The van der Waals surface area contributed by atoms with Crippen molar-refractivity contribution in [3.63, 3.8) is 0 Å². The molecule has 1 N–H and O–H groups in total. The molecule has 7 heteroatoms. The maximum absolute atomic E-state index is 12.8. The van der Waals surface area contributed by atoms with E-state index in [0.717, 1.165) is 55.4 Å². The third-order valence-electron chi connectivity index (χ3n) is 5.96. The highest BCUT2D eigenvalue weighted by molar-refractivity contribution is 6.22. The van der Waals surface area contributed by atoms with Crippen LogP contribution < -0.4 is 15.1 Å². The van der Waals surface area contributed by atoms with Crippen LogP contribution in [0.5, 0.6) is 0 Å². The van der Waals surface area contributed by atoms with Crippen LogP contribution >= 0.6 is 0 Å². The highest BCUT2D eigenvalue weighted by Gasteiger charge is 2.39. The van der Waals surface area contributed by atoms with Crippen LogP contribution in [0.2, 0.25) is 0 Å². The van der Waals surface area contributed by atoms with Crippen LogP contribution in [-0.4, -0.2) is 47.5 Å². The lowest BCUT2D eigenvalue weighted by Gasteiger charge is -2.32. The van der Waals surface area contributed by atoms with Gasteiger partial charge in [0.05, 0.1) is 18.2 Å². The molecule has 3 heterocycles. The predicted molar refractivity (Wildman–Crippen MR) is 117 cm³/mol. The molecule has 4 rings (SSSR count). The number of aromatic nitrogens is 2. The first-order valence-electron chi connectivity index (χ1n) is 10.6. The Morgan fingerprint density at radius 1 is 1.00 bits per heavy atom. The van der Waals surface area contributed by atoms with Crippen LogP contribution in [0.4, 0.5) is 11.6 Å². The molecule has 2 aromatic rings. The second kappa shape index (κ2) is 8.52. The Bertz CT molecular complexity index is 915. The highest BCUT2D eigenvalue weighted by Crippen LogP contribution is 2.25. The smallest absolute Gasteiger partial charge is 0.251 e. The van der Waals surface area contributed by atoms with Crippen LogP contribution in [0.15, 0.2) is 30.3 Å². The quantitative estimate of drug-likeness (QED) is 0.768. The molecule has 2 aliphatic heterocycles. The minimum absolute atomic E-state index is 0.136. The molecule has 1 aromatic carbocycles. The lowest BCUT2D eigenvalue weighted by Crippen LogP contribution is -2.43. The van der Waals surface area contributed by atoms with Crippen molar-refractivity contribution < 1.29 is 9.59 Å². The van der Waals surface area contributed by atoms with Gasteiger partial charge in [0, 0.05) is 24.5 Å². The van der Waals surface area contributed by atoms with Crippen LogP contribution in [0.1, 0.15) is 36.2 Å². The number of carbonyl (C=O) groups excluding carboxylic acids is 2. The van der Waals surface area contributed by atoms with E-state index in [4.69, 9.17) is 0 Å². The number of nitrogens with zero attached hydrogens (tertiary/aromatic N) is 4. The first-order chi connectivity index (χ1) is 14.4. The lowest BCUT2D eigenvalue weighted by molar-refractivity contribution is -0.121. The van der Waals surface area contributed by atoms with Crippen molar-refractivity contribution in [1.29, 1.82) is 0 Å². The Morgan fingerprint density at radius 3 is 2.27 bits per heavy atom. The monoisotopic (exact) mass is 407 g/mol. The van der Waals surface area contributed by atoms with Gasteiger partial charge in [0.25, 0.3) is 5.91 Å². The second-order valence-electron chi connectivity index (χ2n) is 8.45. The van der Waals surface area contributed by atoms with Crippen molar-refractivity contribution in [2.24, 2.45) is 5.92 Å². The Morgan fingerprint density at radius 2 is 1.63 bits per heavy atom. The number of hydrogen-bond acceptors (Lipinski definition) is 6. The van der Waals surface area contributed by atoms with Gasteiger partial charge in [-0.05, 0) is 64.3 Å². The van der Waals surface area contributed by atoms with Gasteiger partial charge in [0.15, 0.2) is 0 Å². The zero-order chi connectivity index (χ0) is 21.3. The van der Waals surface area contributed by atoms with Gasteiger partial charge < -0.3 is 10.2 Å². The Balaban J connectivity index is 1.30. The topological polar surface area (TPSA) is 78.4 Å². The summed E-state index contributed by atoms with van der Waals surface area (Å²) >= 11 is 0. The van der Waals surface area contributed by atoms with Crippen LogP contribution in [0.3, 0.4) is 0 Å². The van der Waals surface area contributed by atoms with Gasteiger partial charge in [-0.1, -0.05) is 17.7 Å². The van der Waals surface area contributed by atoms with Crippen LogP contribution in [-0.2, 0) is 9.59 Å². The maximum atomic E-state index is 12.8. The molecule has 0 radical (unpaired) electrons. The molecule has 0 bridgehead atoms. The highest BCUT2D eigenvalue weighted by atomic mass is 16.2. The molecule has 2 saturated heterocycles. The molecule has 2 fully saturated rings. The molecule has 2 amide bonds. The van der Waals surface area contributed by atoms with Gasteiger partial charge in [-0.25, -0.2) is 14.9 Å². The fraction of sp³-hybridized carbons (Fsp3) is 0.478. The molecule has 1 aromatic heterocycles. The summed E-state index contributed by atoms with van der Waals surface area (Å²) in [5.41, 5.74) is 3.74. The van der Waals surface area contributed by atoms with Crippen molar-refractivity contribution in [2.45, 2.75) is 46.1 Å². The number of benzene rings is 1. The Kier molecular flexibility index (Phi) is 5.81. The summed E-state index contributed by atoms with van der Waals surface area (Å²) in [5, 5.41) is 3.35. The van der Waals surface area contributed by atoms with Crippen LogP contribution in [0, 0.1) is 26.7 Å². The van der Waals surface area contributed by atoms with E-state index in [2.05, 4.69) is 20.2 Å². The molecule has 7 nitrogen and oxygen atoms in total. The van der Waals surface area contributed by atoms with Crippen molar-refractivity contribution >= 4 is 23.5 Å². The zero-order valence-corrected chi connectivity index (χ0v) is 17.9. The van der Waals surface area contributed by atoms with E-state index in [-0.39, 0.29) is 18.2 Å². The molecule has 0 spiro atoms. The van der Waals surface area contributed by atoms with E-state index in [1.165, 1.54) is 4.90 Å². The van der Waals surface area contributed by atoms with Gasteiger partial charge >= 0.3 is 0 Å². The van der Waals surface area contributed by atoms with E-state index in [9.17, 15) is 9.59 Å². The Labute approximate surface area is 177 Å². The average molecular weight is 408 g/mol. The summed E-state index contributed by atoms with van der Waals surface area (Å²) in [6.07, 6.45) is 2.25. The number of piperidine rings is 1. The molecule has 0 saturated carbocycles. The summed E-state index contributed by atoms with van der Waals surface area (Å²) in [5.74, 6) is 1.00. The zero-order valence-electron chi connectivity index (χ0n) is 17.9. The summed E-state index contributed by atoms with van der Waals surface area (Å²) < 4.78 is 0. The molecular formula is C23H29N5O2. The SMILES string of the molecule is Cc1ccc(N2C(=O)CC(NCC3CCN(c4nc(C)cc(C)n4)CC3)C2=O)cc1. The van der Waals surface area contributed by atoms with E-state index < -0.39 is 6.04 Å². The van der Waals surface area contributed by atoms with Crippen molar-refractivity contribution in [1.82, 2.24) is 15.3 Å². The molecule has 158 valence electrons.